The monoisotopic (exact) mass is 493 g/mol. The molecule has 0 fully saturated rings. The van der Waals surface area contributed by atoms with Crippen molar-refractivity contribution in [2.24, 2.45) is 0 Å². The molecule has 0 radical (unpaired) electrons. The molecule has 0 aliphatic rings. The molecule has 0 aromatic heterocycles. The van der Waals surface area contributed by atoms with Crippen LogP contribution in [0.25, 0.3) is 0 Å². The Balaban J connectivity index is 1.73. The van der Waals surface area contributed by atoms with Crippen LogP contribution >= 0.6 is 12.2 Å². The van der Waals surface area contributed by atoms with Gasteiger partial charge < -0.3 is 24.4 Å². The van der Waals surface area contributed by atoms with E-state index in [1.807, 2.05) is 37.3 Å². The summed E-state index contributed by atoms with van der Waals surface area (Å²) >= 11 is 5.32. The van der Waals surface area contributed by atoms with E-state index < -0.39 is 5.91 Å². The van der Waals surface area contributed by atoms with Crippen molar-refractivity contribution >= 4 is 40.5 Å². The SMILES string of the molecule is CCN(C(=O)c1cccc(NC(=S)NC(=O)c2cc(OC)c(OC)c(OC)c2)c1)c1ccccc1. The number of benzene rings is 3. The normalized spacial score (nSPS) is 10.2. The van der Waals surface area contributed by atoms with E-state index in [0.29, 0.717) is 35.0 Å². The number of hydrogen-bond acceptors (Lipinski definition) is 6. The minimum Gasteiger partial charge on any atom is -0.493 e. The van der Waals surface area contributed by atoms with Gasteiger partial charge in [-0.15, -0.1) is 0 Å². The van der Waals surface area contributed by atoms with Gasteiger partial charge in [-0.3, -0.25) is 14.9 Å². The standard InChI is InChI=1S/C26H27N3O5S/c1-5-29(20-12-7-6-8-13-20)25(31)17-10-9-11-19(14-17)27-26(35)28-24(30)18-15-21(32-2)23(34-4)22(16-18)33-3/h6-16H,5H2,1-4H3,(H2,27,28,30,35). The predicted molar refractivity (Wildman–Crippen MR) is 140 cm³/mol. The van der Waals surface area contributed by atoms with Crippen molar-refractivity contribution in [1.82, 2.24) is 5.32 Å². The number of anilines is 2. The fourth-order valence-corrected chi connectivity index (χ4v) is 3.70. The predicted octanol–water partition coefficient (Wildman–Crippen LogP) is 4.51. The molecule has 9 heteroatoms. The second-order valence-corrected chi connectivity index (χ2v) is 7.70. The third-order valence-electron chi connectivity index (χ3n) is 5.15. The van der Waals surface area contributed by atoms with E-state index in [1.54, 1.807) is 29.2 Å². The number of rotatable bonds is 8. The maximum Gasteiger partial charge on any atom is 0.258 e. The van der Waals surface area contributed by atoms with Crippen molar-refractivity contribution < 1.29 is 23.8 Å². The first-order valence-electron chi connectivity index (χ1n) is 10.8. The second kappa shape index (κ2) is 11.8. The summed E-state index contributed by atoms with van der Waals surface area (Å²) in [6.07, 6.45) is 0. The van der Waals surface area contributed by atoms with E-state index in [0.717, 1.165) is 5.69 Å². The number of thiocarbonyl (C=S) groups is 1. The molecule has 0 aliphatic heterocycles. The largest absolute Gasteiger partial charge is 0.493 e. The van der Waals surface area contributed by atoms with Gasteiger partial charge in [-0.2, -0.15) is 0 Å². The summed E-state index contributed by atoms with van der Waals surface area (Å²) in [5, 5.41) is 5.66. The number of ether oxygens (including phenoxy) is 3. The van der Waals surface area contributed by atoms with Crippen LogP contribution in [0.5, 0.6) is 17.2 Å². The average Bonchev–Trinajstić information content (AvgIpc) is 2.88. The van der Waals surface area contributed by atoms with E-state index in [4.69, 9.17) is 26.4 Å². The topological polar surface area (TPSA) is 89.1 Å². The van der Waals surface area contributed by atoms with E-state index in [9.17, 15) is 9.59 Å². The maximum atomic E-state index is 13.1. The lowest BCUT2D eigenvalue weighted by Crippen LogP contribution is -2.34. The fourth-order valence-electron chi connectivity index (χ4n) is 3.49. The molecule has 3 aromatic carbocycles. The van der Waals surface area contributed by atoms with Crippen LogP contribution in [0.1, 0.15) is 27.6 Å². The molecule has 0 atom stereocenters. The Morgan fingerprint density at radius 3 is 2.09 bits per heavy atom. The summed E-state index contributed by atoms with van der Waals surface area (Å²) in [6, 6.07) is 19.4. The van der Waals surface area contributed by atoms with Crippen LogP contribution in [0.15, 0.2) is 66.7 Å². The van der Waals surface area contributed by atoms with Gasteiger partial charge in [0.25, 0.3) is 11.8 Å². The summed E-state index contributed by atoms with van der Waals surface area (Å²) in [7, 11) is 4.42. The quantitative estimate of drug-likeness (QED) is 0.447. The van der Waals surface area contributed by atoms with Crippen LogP contribution in [-0.2, 0) is 0 Å². The van der Waals surface area contributed by atoms with Gasteiger partial charge in [0, 0.05) is 29.0 Å². The molecule has 182 valence electrons. The second-order valence-electron chi connectivity index (χ2n) is 7.29. The van der Waals surface area contributed by atoms with Crippen LogP contribution in [0, 0.1) is 0 Å². The summed E-state index contributed by atoms with van der Waals surface area (Å²) < 4.78 is 15.9. The first-order valence-corrected chi connectivity index (χ1v) is 11.2. The Morgan fingerprint density at radius 1 is 0.857 bits per heavy atom. The van der Waals surface area contributed by atoms with Crippen molar-refractivity contribution in [3.8, 4) is 17.2 Å². The molecule has 0 heterocycles. The van der Waals surface area contributed by atoms with Crippen LogP contribution in [0.3, 0.4) is 0 Å². The van der Waals surface area contributed by atoms with Gasteiger partial charge in [-0.1, -0.05) is 24.3 Å². The highest BCUT2D eigenvalue weighted by molar-refractivity contribution is 7.80. The molecule has 0 saturated heterocycles. The molecule has 0 saturated carbocycles. The molecule has 0 aliphatic carbocycles. The van der Waals surface area contributed by atoms with Crippen LogP contribution < -0.4 is 29.7 Å². The van der Waals surface area contributed by atoms with Crippen LogP contribution in [0.4, 0.5) is 11.4 Å². The van der Waals surface area contributed by atoms with Crippen molar-refractivity contribution in [3.63, 3.8) is 0 Å². The summed E-state index contributed by atoms with van der Waals surface area (Å²) in [4.78, 5) is 27.6. The number of amides is 2. The van der Waals surface area contributed by atoms with Gasteiger partial charge in [-0.25, -0.2) is 0 Å². The first kappa shape index (κ1) is 25.5. The minimum absolute atomic E-state index is 0.0729. The van der Waals surface area contributed by atoms with Crippen molar-refractivity contribution in [2.75, 3.05) is 38.1 Å². The lowest BCUT2D eigenvalue weighted by molar-refractivity contribution is 0.0972. The van der Waals surface area contributed by atoms with Gasteiger partial charge in [0.15, 0.2) is 16.6 Å². The number of carbonyl (C=O) groups is 2. The highest BCUT2D eigenvalue weighted by Crippen LogP contribution is 2.38. The number of nitrogens with zero attached hydrogens (tertiary/aromatic N) is 1. The van der Waals surface area contributed by atoms with Crippen LogP contribution in [0.2, 0.25) is 0 Å². The Bertz CT molecular complexity index is 1190. The summed E-state index contributed by atoms with van der Waals surface area (Å²) in [6.45, 7) is 2.44. The molecule has 3 aromatic rings. The van der Waals surface area contributed by atoms with Crippen molar-refractivity contribution in [3.05, 3.63) is 77.9 Å². The third kappa shape index (κ3) is 6.07. The highest BCUT2D eigenvalue weighted by atomic mass is 32.1. The van der Waals surface area contributed by atoms with Gasteiger partial charge >= 0.3 is 0 Å². The molecule has 2 N–H and O–H groups in total. The Morgan fingerprint density at radius 2 is 1.51 bits per heavy atom. The summed E-state index contributed by atoms with van der Waals surface area (Å²) in [5.41, 5.74) is 2.13. The Labute approximate surface area is 209 Å². The third-order valence-corrected chi connectivity index (χ3v) is 5.35. The Kier molecular flexibility index (Phi) is 8.63. The fraction of sp³-hybridized carbons (Fsp3) is 0.192. The lowest BCUT2D eigenvalue weighted by atomic mass is 10.1. The number of para-hydroxylation sites is 1. The minimum atomic E-state index is -0.463. The van der Waals surface area contributed by atoms with E-state index in [2.05, 4.69) is 10.6 Å². The first-order chi connectivity index (χ1) is 16.9. The zero-order valence-electron chi connectivity index (χ0n) is 20.0. The molecule has 0 unspecified atom stereocenters. The van der Waals surface area contributed by atoms with Crippen molar-refractivity contribution in [1.29, 1.82) is 0 Å². The van der Waals surface area contributed by atoms with Gasteiger partial charge in [-0.05, 0) is 61.6 Å². The average molecular weight is 494 g/mol. The summed E-state index contributed by atoms with van der Waals surface area (Å²) in [5.74, 6) is 0.470. The van der Waals surface area contributed by atoms with Gasteiger partial charge in [0.05, 0.1) is 21.3 Å². The molecule has 8 nitrogen and oxygen atoms in total. The molecular weight excluding hydrogens is 466 g/mol. The van der Waals surface area contributed by atoms with E-state index in [1.165, 1.54) is 33.5 Å². The zero-order chi connectivity index (χ0) is 25.4. The molecule has 35 heavy (non-hydrogen) atoms. The van der Waals surface area contributed by atoms with Gasteiger partial charge in [0.2, 0.25) is 5.75 Å². The molecule has 3 rings (SSSR count). The maximum absolute atomic E-state index is 13.1. The number of methoxy groups -OCH3 is 3. The molecule has 0 spiro atoms. The molecular formula is C26H27N3O5S. The van der Waals surface area contributed by atoms with E-state index >= 15 is 0 Å². The molecule has 2 amide bonds. The number of carbonyl (C=O) groups excluding carboxylic acids is 2. The number of hydrogen-bond donors (Lipinski definition) is 2. The Hall–Kier alpha value is -4.11. The van der Waals surface area contributed by atoms with E-state index in [-0.39, 0.29) is 16.6 Å². The lowest BCUT2D eigenvalue weighted by Gasteiger charge is -2.21. The zero-order valence-corrected chi connectivity index (χ0v) is 20.8. The van der Waals surface area contributed by atoms with Crippen LogP contribution in [-0.4, -0.2) is 44.8 Å². The van der Waals surface area contributed by atoms with Gasteiger partial charge in [0.1, 0.15) is 0 Å². The highest BCUT2D eigenvalue weighted by Gasteiger charge is 2.19. The van der Waals surface area contributed by atoms with Crippen molar-refractivity contribution in [2.45, 2.75) is 6.92 Å². The smallest absolute Gasteiger partial charge is 0.258 e. The molecule has 0 bridgehead atoms. The number of nitrogens with one attached hydrogen (secondary N) is 2.